The van der Waals surface area contributed by atoms with Gasteiger partial charge in [-0.3, -0.25) is 0 Å². The summed E-state index contributed by atoms with van der Waals surface area (Å²) in [5.41, 5.74) is 8.84. The summed E-state index contributed by atoms with van der Waals surface area (Å²) in [6, 6.07) is 16.1. The Hall–Kier alpha value is -1.82. The smallest absolute Gasteiger partial charge is 0.00137 e. The lowest BCUT2D eigenvalue weighted by Gasteiger charge is -2.11. The number of fused-ring (bicyclic) bond motifs is 1. The van der Waals surface area contributed by atoms with Crippen LogP contribution >= 0.6 is 0 Å². The van der Waals surface area contributed by atoms with Crippen LogP contribution in [-0.4, -0.2) is 0 Å². The highest BCUT2D eigenvalue weighted by molar-refractivity contribution is 5.88. The number of hydrogen-bond acceptors (Lipinski definition) is 0. The van der Waals surface area contributed by atoms with E-state index in [1.165, 1.54) is 71.9 Å². The molecule has 0 heteroatoms. The largest absolute Gasteiger partial charge is 0.0654 e. The van der Waals surface area contributed by atoms with E-state index < -0.39 is 0 Å². The Bertz CT molecular complexity index is 665. The van der Waals surface area contributed by atoms with Gasteiger partial charge < -0.3 is 0 Å². The Morgan fingerprint density at radius 1 is 0.826 bits per heavy atom. The first-order valence-corrected chi connectivity index (χ1v) is 9.22. The van der Waals surface area contributed by atoms with Crippen molar-refractivity contribution < 1.29 is 0 Å². The average molecular weight is 304 g/mol. The summed E-state index contributed by atoms with van der Waals surface area (Å²) < 4.78 is 0. The second-order valence-electron chi connectivity index (χ2n) is 6.79. The minimum Gasteiger partial charge on any atom is -0.0654 e. The summed E-state index contributed by atoms with van der Waals surface area (Å²) in [6.07, 6.45) is 11.0. The van der Waals surface area contributed by atoms with Crippen molar-refractivity contribution in [1.82, 2.24) is 0 Å². The van der Waals surface area contributed by atoms with Crippen LogP contribution in [0.1, 0.15) is 67.3 Å². The fraction of sp³-hybridized carbons (Fsp3) is 0.391. The van der Waals surface area contributed by atoms with Gasteiger partial charge in [-0.2, -0.15) is 0 Å². The Labute approximate surface area is 141 Å². The molecule has 23 heavy (non-hydrogen) atoms. The van der Waals surface area contributed by atoms with Crippen molar-refractivity contribution in [3.05, 3.63) is 70.3 Å². The van der Waals surface area contributed by atoms with E-state index in [0.717, 1.165) is 6.42 Å². The molecular weight excluding hydrogens is 276 g/mol. The summed E-state index contributed by atoms with van der Waals surface area (Å²) in [6.45, 7) is 4.55. The van der Waals surface area contributed by atoms with Gasteiger partial charge in [0, 0.05) is 0 Å². The van der Waals surface area contributed by atoms with Crippen molar-refractivity contribution in [1.29, 1.82) is 0 Å². The third-order valence-electron chi connectivity index (χ3n) is 4.83. The lowest BCUT2D eigenvalue weighted by molar-refractivity contribution is 0.780. The maximum Gasteiger partial charge on any atom is -0.00137 e. The molecule has 0 N–H and O–H groups in total. The molecule has 0 heterocycles. The van der Waals surface area contributed by atoms with Gasteiger partial charge in [0.05, 0.1) is 0 Å². The number of allylic oxidation sites excluding steroid dienone is 1. The van der Waals surface area contributed by atoms with Crippen molar-refractivity contribution in [3.8, 4) is 0 Å². The molecule has 0 amide bonds. The molecular formula is C23H28. The second-order valence-corrected chi connectivity index (χ2v) is 6.79. The van der Waals surface area contributed by atoms with Crippen LogP contribution in [0.15, 0.2) is 42.5 Å². The van der Waals surface area contributed by atoms with Gasteiger partial charge in [0.2, 0.25) is 0 Å². The van der Waals surface area contributed by atoms with Gasteiger partial charge in [-0.25, -0.2) is 0 Å². The number of unbranched alkanes of at least 4 members (excludes halogenated alkanes) is 2. The highest BCUT2D eigenvalue weighted by Gasteiger charge is 2.14. The average Bonchev–Trinajstić information content (AvgIpc) is 3.02. The van der Waals surface area contributed by atoms with Crippen LogP contribution in [-0.2, 0) is 19.3 Å². The Balaban J connectivity index is 1.89. The van der Waals surface area contributed by atoms with Gasteiger partial charge in [-0.05, 0) is 65.5 Å². The third kappa shape index (κ3) is 3.93. The summed E-state index contributed by atoms with van der Waals surface area (Å²) >= 11 is 0. The zero-order valence-electron chi connectivity index (χ0n) is 14.6. The Morgan fingerprint density at radius 3 is 2.09 bits per heavy atom. The van der Waals surface area contributed by atoms with Crippen LogP contribution in [0.25, 0.3) is 11.6 Å². The maximum atomic E-state index is 2.44. The second kappa shape index (κ2) is 7.64. The first-order valence-electron chi connectivity index (χ1n) is 9.22. The highest BCUT2D eigenvalue weighted by atomic mass is 14.2. The van der Waals surface area contributed by atoms with Crippen LogP contribution < -0.4 is 0 Å². The zero-order valence-corrected chi connectivity index (χ0v) is 14.6. The summed E-state index contributed by atoms with van der Waals surface area (Å²) in [4.78, 5) is 0. The minimum absolute atomic E-state index is 1.08. The minimum atomic E-state index is 1.08. The lowest BCUT2D eigenvalue weighted by atomic mass is 9.94. The van der Waals surface area contributed by atoms with Crippen LogP contribution in [0, 0.1) is 0 Å². The summed E-state index contributed by atoms with van der Waals surface area (Å²) in [5.74, 6) is 0. The fourth-order valence-corrected chi connectivity index (χ4v) is 3.46. The predicted molar refractivity (Wildman–Crippen MR) is 102 cm³/mol. The highest BCUT2D eigenvalue weighted by Crippen LogP contribution is 2.32. The molecule has 0 fully saturated rings. The van der Waals surface area contributed by atoms with Crippen LogP contribution in [0.4, 0.5) is 0 Å². The van der Waals surface area contributed by atoms with Crippen molar-refractivity contribution in [2.24, 2.45) is 0 Å². The van der Waals surface area contributed by atoms with E-state index in [4.69, 9.17) is 0 Å². The molecule has 0 aliphatic heterocycles. The molecule has 1 aliphatic carbocycles. The van der Waals surface area contributed by atoms with E-state index in [1.807, 2.05) is 0 Å². The van der Waals surface area contributed by atoms with E-state index in [-0.39, 0.29) is 0 Å². The molecule has 0 nitrogen and oxygen atoms in total. The standard InChI is InChI=1S/C23H28/c1-3-5-9-18-13-19(10-6-4-2)15-22(14-18)23-16-20-11-7-8-12-21(20)17-23/h7-8,11-16H,3-6,9-10,17H2,1-2H3. The predicted octanol–water partition coefficient (Wildman–Crippen LogP) is 6.47. The molecule has 0 saturated carbocycles. The first kappa shape index (κ1) is 16.1. The molecule has 0 spiro atoms. The van der Waals surface area contributed by atoms with E-state index in [1.54, 1.807) is 0 Å². The maximum absolute atomic E-state index is 2.44. The molecule has 120 valence electrons. The SMILES string of the molecule is CCCCc1cc(CCCC)cc(C2=Cc3ccccc3C2)c1. The number of hydrogen-bond donors (Lipinski definition) is 0. The number of aryl methyl sites for hydroxylation is 2. The molecule has 2 aromatic rings. The Morgan fingerprint density at radius 2 is 1.48 bits per heavy atom. The van der Waals surface area contributed by atoms with Crippen molar-refractivity contribution >= 4 is 11.6 Å². The van der Waals surface area contributed by atoms with Gasteiger partial charge in [0.15, 0.2) is 0 Å². The third-order valence-corrected chi connectivity index (χ3v) is 4.83. The molecule has 0 saturated heterocycles. The van der Waals surface area contributed by atoms with E-state index in [2.05, 4.69) is 62.4 Å². The summed E-state index contributed by atoms with van der Waals surface area (Å²) in [5, 5.41) is 0. The van der Waals surface area contributed by atoms with Crippen molar-refractivity contribution in [2.75, 3.05) is 0 Å². The molecule has 0 bridgehead atoms. The monoisotopic (exact) mass is 304 g/mol. The summed E-state index contributed by atoms with van der Waals surface area (Å²) in [7, 11) is 0. The van der Waals surface area contributed by atoms with E-state index >= 15 is 0 Å². The molecule has 2 aromatic carbocycles. The van der Waals surface area contributed by atoms with Gasteiger partial charge in [-0.15, -0.1) is 0 Å². The Kier molecular flexibility index (Phi) is 5.33. The van der Waals surface area contributed by atoms with Crippen LogP contribution in [0.3, 0.4) is 0 Å². The normalized spacial score (nSPS) is 13.0. The molecule has 0 aromatic heterocycles. The molecule has 1 aliphatic rings. The first-order chi connectivity index (χ1) is 11.3. The quantitative estimate of drug-likeness (QED) is 0.550. The van der Waals surface area contributed by atoms with Crippen LogP contribution in [0.5, 0.6) is 0 Å². The number of rotatable bonds is 7. The lowest BCUT2D eigenvalue weighted by Crippen LogP contribution is -1.95. The van der Waals surface area contributed by atoms with E-state index in [9.17, 15) is 0 Å². The fourth-order valence-electron chi connectivity index (χ4n) is 3.46. The van der Waals surface area contributed by atoms with Crippen molar-refractivity contribution in [3.63, 3.8) is 0 Å². The molecule has 0 unspecified atom stereocenters. The van der Waals surface area contributed by atoms with Gasteiger partial charge in [0.1, 0.15) is 0 Å². The van der Waals surface area contributed by atoms with Crippen molar-refractivity contribution in [2.45, 2.75) is 58.8 Å². The number of benzene rings is 2. The van der Waals surface area contributed by atoms with Gasteiger partial charge in [-0.1, -0.05) is 75.2 Å². The van der Waals surface area contributed by atoms with Gasteiger partial charge >= 0.3 is 0 Å². The zero-order chi connectivity index (χ0) is 16.1. The van der Waals surface area contributed by atoms with Crippen LogP contribution in [0.2, 0.25) is 0 Å². The van der Waals surface area contributed by atoms with Gasteiger partial charge in [0.25, 0.3) is 0 Å². The van der Waals surface area contributed by atoms with E-state index in [0.29, 0.717) is 0 Å². The molecule has 0 radical (unpaired) electrons. The topological polar surface area (TPSA) is 0 Å². The molecule has 3 rings (SSSR count). The molecule has 0 atom stereocenters.